The lowest BCUT2D eigenvalue weighted by Crippen LogP contribution is -2.64. The maximum absolute atomic E-state index is 14.4. The highest BCUT2D eigenvalue weighted by Crippen LogP contribution is 2.42. The number of ether oxygens (including phenoxy) is 1. The van der Waals surface area contributed by atoms with Gasteiger partial charge in [-0.3, -0.25) is 14.5 Å². The Labute approximate surface area is 243 Å². The van der Waals surface area contributed by atoms with Crippen LogP contribution in [-0.4, -0.2) is 95.9 Å². The predicted molar refractivity (Wildman–Crippen MR) is 155 cm³/mol. The Morgan fingerprint density at radius 1 is 1.27 bits per heavy atom. The molecule has 0 unspecified atom stereocenters. The van der Waals surface area contributed by atoms with Crippen LogP contribution in [0.4, 0.5) is 8.78 Å². The van der Waals surface area contributed by atoms with Gasteiger partial charge in [0.15, 0.2) is 5.84 Å². The molecular formula is C28H35ClF2N8O2. The van der Waals surface area contributed by atoms with Crippen LogP contribution in [-0.2, 0) is 4.79 Å². The number of piperidine rings is 1. The van der Waals surface area contributed by atoms with E-state index >= 15 is 0 Å². The van der Waals surface area contributed by atoms with Crippen molar-refractivity contribution in [1.82, 2.24) is 24.9 Å². The van der Waals surface area contributed by atoms with E-state index < -0.39 is 18.0 Å². The van der Waals surface area contributed by atoms with Gasteiger partial charge in [0.2, 0.25) is 5.91 Å². The van der Waals surface area contributed by atoms with E-state index in [1.807, 2.05) is 18.7 Å². The van der Waals surface area contributed by atoms with E-state index in [0.717, 1.165) is 12.8 Å². The number of amides is 1. The van der Waals surface area contributed by atoms with Crippen molar-refractivity contribution in [3.8, 4) is 17.0 Å². The van der Waals surface area contributed by atoms with Crippen LogP contribution < -0.4 is 10.1 Å². The normalized spacial score (nSPS) is 22.8. The Morgan fingerprint density at radius 3 is 2.61 bits per heavy atom. The second-order valence-electron chi connectivity index (χ2n) is 11.2. The maximum atomic E-state index is 14.4. The molecule has 220 valence electrons. The average molecular weight is 589 g/mol. The van der Waals surface area contributed by atoms with Gasteiger partial charge in [-0.25, -0.2) is 8.78 Å². The van der Waals surface area contributed by atoms with Gasteiger partial charge in [0.25, 0.3) is 5.90 Å². The number of hydrogen-bond acceptors (Lipinski definition) is 7. The van der Waals surface area contributed by atoms with Crippen LogP contribution in [0, 0.1) is 11.2 Å². The molecule has 3 saturated heterocycles. The highest BCUT2D eigenvalue weighted by Gasteiger charge is 2.48. The van der Waals surface area contributed by atoms with Crippen molar-refractivity contribution in [3.63, 3.8) is 0 Å². The van der Waals surface area contributed by atoms with Crippen LogP contribution in [0.25, 0.3) is 11.3 Å². The summed E-state index contributed by atoms with van der Waals surface area (Å²) in [5, 5.41) is 15.5. The highest BCUT2D eigenvalue weighted by molar-refractivity contribution is 6.38. The van der Waals surface area contributed by atoms with E-state index in [2.05, 4.69) is 37.2 Å². The molecule has 1 amide bonds. The molecule has 13 heteroatoms. The van der Waals surface area contributed by atoms with Gasteiger partial charge in [0.05, 0.1) is 23.0 Å². The number of carbonyl (C=O) groups excluding carboxylic acids is 1. The Balaban J connectivity index is 1.29. The molecule has 3 fully saturated rings. The number of aliphatic imine (C=N–C) groups is 1. The first-order valence-electron chi connectivity index (χ1n) is 13.8. The average Bonchev–Trinajstić information content (AvgIpc) is 3.54. The molecule has 0 saturated carbocycles. The number of carbonyl (C=O) groups is 1. The number of rotatable bonds is 5. The standard InChI is InChI=1S/C28H35ClF2N8O2/c1-17(2)39-24(21(29)14-35-39)20-11-18(30)5-6-23(20)41-26(36-33-4)25(32-3)38-15-28(16-38)7-9-37(10-8-28)27(40)22-12-19(31)13-34-22/h5-6,11,14,17,19,22,34H,4,7-10,12-13,15-16H2,1-3H3/b32-25+,36-26+/t19-,22+/m1/s1. The molecule has 1 spiro atoms. The molecule has 1 aromatic carbocycles. The third-order valence-corrected chi connectivity index (χ3v) is 8.35. The van der Waals surface area contributed by atoms with Crippen LogP contribution in [0.15, 0.2) is 39.6 Å². The largest absolute Gasteiger partial charge is 0.434 e. The molecule has 0 aliphatic carbocycles. The van der Waals surface area contributed by atoms with Gasteiger partial charge in [-0.1, -0.05) is 11.6 Å². The summed E-state index contributed by atoms with van der Waals surface area (Å²) in [4.78, 5) is 21.2. The summed E-state index contributed by atoms with van der Waals surface area (Å²) in [6.45, 7) is 10.3. The van der Waals surface area contributed by atoms with Gasteiger partial charge in [-0.2, -0.15) is 10.2 Å². The van der Waals surface area contributed by atoms with Gasteiger partial charge >= 0.3 is 0 Å². The van der Waals surface area contributed by atoms with Gasteiger partial charge in [-0.05, 0) is 44.9 Å². The highest BCUT2D eigenvalue weighted by atomic mass is 35.5. The van der Waals surface area contributed by atoms with Crippen molar-refractivity contribution in [3.05, 3.63) is 35.2 Å². The molecule has 0 radical (unpaired) electrons. The second kappa shape index (κ2) is 11.8. The van der Waals surface area contributed by atoms with E-state index in [9.17, 15) is 13.6 Å². The Bertz CT molecular complexity index is 1360. The molecule has 3 aliphatic heterocycles. The fraction of sp³-hybridized carbons (Fsp3) is 0.536. The van der Waals surface area contributed by atoms with E-state index in [1.165, 1.54) is 24.4 Å². The zero-order valence-electron chi connectivity index (χ0n) is 23.5. The topological polar surface area (TPSA) is 99.7 Å². The zero-order chi connectivity index (χ0) is 29.3. The minimum atomic E-state index is -0.963. The first-order valence-corrected chi connectivity index (χ1v) is 14.2. The number of likely N-dealkylation sites (tertiary alicyclic amines) is 2. The van der Waals surface area contributed by atoms with Gasteiger partial charge in [0, 0.05) is 69.9 Å². The van der Waals surface area contributed by atoms with Crippen LogP contribution in [0.2, 0.25) is 5.02 Å². The fourth-order valence-corrected chi connectivity index (χ4v) is 6.18. The summed E-state index contributed by atoms with van der Waals surface area (Å²) in [6, 6.07) is 3.70. The maximum Gasteiger partial charge on any atom is 0.281 e. The van der Waals surface area contributed by atoms with Crippen molar-refractivity contribution in [2.24, 2.45) is 20.6 Å². The molecule has 1 N–H and O–H groups in total. The molecule has 2 atom stereocenters. The zero-order valence-corrected chi connectivity index (χ0v) is 24.2. The molecule has 41 heavy (non-hydrogen) atoms. The van der Waals surface area contributed by atoms with E-state index in [1.54, 1.807) is 11.7 Å². The number of nitrogens with one attached hydrogen (secondary N) is 1. The lowest BCUT2D eigenvalue weighted by atomic mass is 9.71. The molecule has 3 aliphatic rings. The molecular weight excluding hydrogens is 554 g/mol. The molecule has 5 rings (SSSR count). The number of nitrogens with zero attached hydrogens (tertiary/aromatic N) is 7. The number of hydrogen-bond donors (Lipinski definition) is 1. The van der Waals surface area contributed by atoms with Crippen LogP contribution >= 0.6 is 11.6 Å². The second-order valence-corrected chi connectivity index (χ2v) is 11.6. The summed E-state index contributed by atoms with van der Waals surface area (Å²) < 4.78 is 35.9. The Hall–Kier alpha value is -3.38. The summed E-state index contributed by atoms with van der Waals surface area (Å²) >= 11 is 6.48. The summed E-state index contributed by atoms with van der Waals surface area (Å²) in [5.74, 6) is 0.465. The predicted octanol–water partition coefficient (Wildman–Crippen LogP) is 3.97. The first kappa shape index (κ1) is 29.1. The number of halogens is 3. The molecule has 2 aromatic rings. The smallest absolute Gasteiger partial charge is 0.281 e. The molecule has 1 aromatic heterocycles. The minimum Gasteiger partial charge on any atom is -0.434 e. The van der Waals surface area contributed by atoms with Crippen molar-refractivity contribution in [1.29, 1.82) is 0 Å². The number of benzene rings is 1. The summed E-state index contributed by atoms with van der Waals surface area (Å²) in [5.41, 5.74) is 0.973. The monoisotopic (exact) mass is 588 g/mol. The summed E-state index contributed by atoms with van der Waals surface area (Å²) in [6.07, 6.45) is 2.47. The van der Waals surface area contributed by atoms with Crippen molar-refractivity contribution in [2.45, 2.75) is 51.4 Å². The van der Waals surface area contributed by atoms with Gasteiger partial charge in [-0.15, -0.1) is 5.10 Å². The SMILES string of the molecule is C=N/N=C(Oc1ccc(F)cc1-c1c(Cl)cnn1C(C)C)\C(=N/C)N1CC2(CCN(C(=O)[C@@H]3C[C@@H](F)CN3)CC2)C1. The van der Waals surface area contributed by atoms with E-state index in [-0.39, 0.29) is 36.2 Å². The van der Waals surface area contributed by atoms with Crippen molar-refractivity contribution < 1.29 is 18.3 Å². The summed E-state index contributed by atoms with van der Waals surface area (Å²) in [7, 11) is 1.65. The third-order valence-electron chi connectivity index (χ3n) is 8.07. The quantitative estimate of drug-likeness (QED) is 0.324. The van der Waals surface area contributed by atoms with E-state index in [4.69, 9.17) is 16.3 Å². The Morgan fingerprint density at radius 2 is 2.00 bits per heavy atom. The first-order chi connectivity index (χ1) is 19.6. The van der Waals surface area contributed by atoms with Crippen LogP contribution in [0.5, 0.6) is 5.75 Å². The molecule has 10 nitrogen and oxygen atoms in total. The van der Waals surface area contributed by atoms with E-state index in [0.29, 0.717) is 54.0 Å². The van der Waals surface area contributed by atoms with Crippen molar-refractivity contribution >= 4 is 36.0 Å². The number of amidine groups is 1. The fourth-order valence-electron chi connectivity index (χ4n) is 5.94. The minimum absolute atomic E-state index is 0.0131. The molecule has 0 bridgehead atoms. The lowest BCUT2D eigenvalue weighted by molar-refractivity contribution is -0.137. The van der Waals surface area contributed by atoms with Gasteiger partial charge in [0.1, 0.15) is 17.7 Å². The molecule has 4 heterocycles. The lowest BCUT2D eigenvalue weighted by Gasteiger charge is -2.54. The van der Waals surface area contributed by atoms with Crippen molar-refractivity contribution in [2.75, 3.05) is 39.8 Å². The van der Waals surface area contributed by atoms with Crippen LogP contribution in [0.1, 0.15) is 39.2 Å². The van der Waals surface area contributed by atoms with Gasteiger partial charge < -0.3 is 19.9 Å². The number of aromatic nitrogens is 2. The third kappa shape index (κ3) is 5.85. The number of alkyl halides is 1. The van der Waals surface area contributed by atoms with Crippen LogP contribution in [0.3, 0.4) is 0 Å². The Kier molecular flexibility index (Phi) is 8.42.